The van der Waals surface area contributed by atoms with Crippen LogP contribution in [0.4, 0.5) is 5.69 Å². The minimum absolute atomic E-state index is 0.0539. The molecule has 2 aromatic carbocycles. The van der Waals surface area contributed by atoms with Gasteiger partial charge in [-0.25, -0.2) is 4.68 Å². The number of rotatable bonds is 6. The molecule has 7 heteroatoms. The van der Waals surface area contributed by atoms with Crippen LogP contribution >= 0.6 is 0 Å². The zero-order valence-electron chi connectivity index (χ0n) is 17.2. The molecule has 0 saturated carbocycles. The van der Waals surface area contributed by atoms with Crippen LogP contribution in [-0.4, -0.2) is 35.2 Å². The van der Waals surface area contributed by atoms with Gasteiger partial charge >= 0.3 is 0 Å². The van der Waals surface area contributed by atoms with Crippen molar-refractivity contribution >= 4 is 17.5 Å². The fourth-order valence-electron chi connectivity index (χ4n) is 3.79. The topological polar surface area (TPSA) is 85.2 Å². The molecule has 0 spiro atoms. The molecule has 2 heterocycles. The Balaban J connectivity index is 1.38. The first-order chi connectivity index (χ1) is 14.5. The van der Waals surface area contributed by atoms with Gasteiger partial charge in [0.2, 0.25) is 5.91 Å². The second-order valence-electron chi connectivity index (χ2n) is 7.43. The van der Waals surface area contributed by atoms with Crippen molar-refractivity contribution in [3.63, 3.8) is 0 Å². The van der Waals surface area contributed by atoms with E-state index < -0.39 is 0 Å². The summed E-state index contributed by atoms with van der Waals surface area (Å²) in [6.07, 6.45) is 0.515. The van der Waals surface area contributed by atoms with E-state index in [4.69, 9.17) is 4.74 Å². The molecule has 0 saturated heterocycles. The van der Waals surface area contributed by atoms with Gasteiger partial charge in [0.1, 0.15) is 5.75 Å². The third-order valence-corrected chi connectivity index (χ3v) is 5.31. The highest BCUT2D eigenvalue weighted by atomic mass is 16.5. The van der Waals surface area contributed by atoms with Gasteiger partial charge in [-0.15, -0.1) is 0 Å². The van der Waals surface area contributed by atoms with Gasteiger partial charge in [0, 0.05) is 23.5 Å². The predicted octanol–water partition coefficient (Wildman–Crippen LogP) is 3.35. The van der Waals surface area contributed by atoms with E-state index in [0.29, 0.717) is 24.3 Å². The van der Waals surface area contributed by atoms with Gasteiger partial charge in [-0.05, 0) is 74.4 Å². The van der Waals surface area contributed by atoms with E-state index in [9.17, 15) is 9.59 Å². The molecule has 4 rings (SSSR count). The number of benzene rings is 2. The standard InChI is InChI=1S/C23H24N4O3/c1-14-12-15(2)27(26-14)17-6-4-16(5-7-17)22(28)24-11-10-19-20-13-18(30-3)8-9-21(20)25-23(19)29/h4-9,12-13,19H,10-11H2,1-3H3,(H,24,28)(H,25,29). The summed E-state index contributed by atoms with van der Waals surface area (Å²) in [6, 6.07) is 14.9. The number of hydrogen-bond donors (Lipinski definition) is 2. The fourth-order valence-corrected chi connectivity index (χ4v) is 3.79. The number of ether oxygens (including phenoxy) is 1. The normalized spacial score (nSPS) is 14.9. The number of nitrogens with zero attached hydrogens (tertiary/aromatic N) is 2. The Kier molecular flexibility index (Phi) is 5.27. The molecule has 30 heavy (non-hydrogen) atoms. The maximum atomic E-state index is 12.5. The van der Waals surface area contributed by atoms with Gasteiger partial charge in [-0.1, -0.05) is 0 Å². The maximum absolute atomic E-state index is 12.5. The average molecular weight is 404 g/mol. The molecule has 2 N–H and O–H groups in total. The Hall–Kier alpha value is -3.61. The molecule has 1 unspecified atom stereocenters. The molecule has 0 radical (unpaired) electrons. The molecule has 2 amide bonds. The first-order valence-corrected chi connectivity index (χ1v) is 9.87. The molecule has 1 aliphatic heterocycles. The minimum Gasteiger partial charge on any atom is -0.497 e. The maximum Gasteiger partial charge on any atom is 0.251 e. The summed E-state index contributed by atoms with van der Waals surface area (Å²) in [5, 5.41) is 10.2. The summed E-state index contributed by atoms with van der Waals surface area (Å²) in [7, 11) is 1.60. The van der Waals surface area contributed by atoms with Crippen LogP contribution in [0.5, 0.6) is 5.75 Å². The highest BCUT2D eigenvalue weighted by molar-refractivity contribution is 6.03. The second kappa shape index (κ2) is 8.02. The van der Waals surface area contributed by atoms with Crippen molar-refractivity contribution in [2.45, 2.75) is 26.2 Å². The zero-order valence-corrected chi connectivity index (χ0v) is 17.2. The molecule has 154 valence electrons. The largest absolute Gasteiger partial charge is 0.497 e. The summed E-state index contributed by atoms with van der Waals surface area (Å²) >= 11 is 0. The SMILES string of the molecule is COc1ccc2c(c1)C(CCNC(=O)c1ccc(-n3nc(C)cc3C)cc1)C(=O)N2. The van der Waals surface area contributed by atoms with Crippen molar-refractivity contribution in [2.75, 3.05) is 19.0 Å². The molecule has 1 atom stereocenters. The number of fused-ring (bicyclic) bond motifs is 1. The number of hydrogen-bond acceptors (Lipinski definition) is 4. The van der Waals surface area contributed by atoms with E-state index in [2.05, 4.69) is 15.7 Å². The van der Waals surface area contributed by atoms with E-state index in [1.807, 2.05) is 54.9 Å². The fraction of sp³-hybridized carbons (Fsp3) is 0.261. The highest BCUT2D eigenvalue weighted by Gasteiger charge is 2.30. The lowest BCUT2D eigenvalue weighted by molar-refractivity contribution is -0.117. The molecule has 1 aromatic heterocycles. The van der Waals surface area contributed by atoms with Crippen LogP contribution in [-0.2, 0) is 4.79 Å². The number of carbonyl (C=O) groups is 2. The Morgan fingerprint density at radius 3 is 2.60 bits per heavy atom. The molecule has 7 nitrogen and oxygen atoms in total. The Bertz CT molecular complexity index is 1100. The van der Waals surface area contributed by atoms with Gasteiger partial charge in [-0.3, -0.25) is 9.59 Å². The van der Waals surface area contributed by atoms with E-state index in [-0.39, 0.29) is 17.7 Å². The van der Waals surface area contributed by atoms with Crippen LogP contribution in [0, 0.1) is 13.8 Å². The zero-order chi connectivity index (χ0) is 21.3. The molecule has 1 aliphatic rings. The van der Waals surface area contributed by atoms with E-state index in [1.165, 1.54) is 0 Å². The summed E-state index contributed by atoms with van der Waals surface area (Å²) in [4.78, 5) is 24.8. The van der Waals surface area contributed by atoms with Crippen molar-refractivity contribution in [3.05, 3.63) is 71.0 Å². The first-order valence-electron chi connectivity index (χ1n) is 9.87. The van der Waals surface area contributed by atoms with Gasteiger partial charge < -0.3 is 15.4 Å². The van der Waals surface area contributed by atoms with Gasteiger partial charge in [-0.2, -0.15) is 5.10 Å². The van der Waals surface area contributed by atoms with Crippen LogP contribution in [0.25, 0.3) is 5.69 Å². The van der Waals surface area contributed by atoms with Crippen LogP contribution < -0.4 is 15.4 Å². The minimum atomic E-state index is -0.302. The molecular formula is C23H24N4O3. The second-order valence-corrected chi connectivity index (χ2v) is 7.43. The van der Waals surface area contributed by atoms with Crippen LogP contribution in [0.2, 0.25) is 0 Å². The monoisotopic (exact) mass is 404 g/mol. The average Bonchev–Trinajstić information content (AvgIpc) is 3.25. The van der Waals surface area contributed by atoms with Crippen LogP contribution in [0.1, 0.15) is 39.6 Å². The number of aromatic nitrogens is 2. The van der Waals surface area contributed by atoms with Gasteiger partial charge in [0.05, 0.1) is 24.4 Å². The van der Waals surface area contributed by atoms with E-state index in [1.54, 1.807) is 19.2 Å². The number of carbonyl (C=O) groups excluding carboxylic acids is 2. The molecule has 3 aromatic rings. The lowest BCUT2D eigenvalue weighted by atomic mass is 9.97. The van der Waals surface area contributed by atoms with E-state index >= 15 is 0 Å². The van der Waals surface area contributed by atoms with Crippen molar-refractivity contribution in [1.29, 1.82) is 0 Å². The Labute approximate surface area is 175 Å². The summed E-state index contributed by atoms with van der Waals surface area (Å²) < 4.78 is 7.11. The molecular weight excluding hydrogens is 380 g/mol. The number of aryl methyl sites for hydroxylation is 2. The van der Waals surface area contributed by atoms with Crippen molar-refractivity contribution < 1.29 is 14.3 Å². The lowest BCUT2D eigenvalue weighted by Crippen LogP contribution is -2.27. The number of anilines is 1. The number of nitrogens with one attached hydrogen (secondary N) is 2. The Morgan fingerprint density at radius 1 is 1.17 bits per heavy atom. The first kappa shape index (κ1) is 19.7. The third-order valence-electron chi connectivity index (χ3n) is 5.31. The summed E-state index contributed by atoms with van der Waals surface area (Å²) in [5.41, 5.74) is 5.17. The summed E-state index contributed by atoms with van der Waals surface area (Å²) in [6.45, 7) is 4.34. The smallest absolute Gasteiger partial charge is 0.251 e. The van der Waals surface area contributed by atoms with Gasteiger partial charge in [0.25, 0.3) is 5.91 Å². The lowest BCUT2D eigenvalue weighted by Gasteiger charge is -2.11. The van der Waals surface area contributed by atoms with Crippen LogP contribution in [0.3, 0.4) is 0 Å². The molecule has 0 bridgehead atoms. The van der Waals surface area contributed by atoms with E-state index in [0.717, 1.165) is 28.3 Å². The number of amides is 2. The van der Waals surface area contributed by atoms with Crippen molar-refractivity contribution in [1.82, 2.24) is 15.1 Å². The third kappa shape index (κ3) is 3.78. The quantitative estimate of drug-likeness (QED) is 0.660. The van der Waals surface area contributed by atoms with Crippen molar-refractivity contribution in [3.8, 4) is 11.4 Å². The van der Waals surface area contributed by atoms with Gasteiger partial charge in [0.15, 0.2) is 0 Å². The molecule has 0 aliphatic carbocycles. The molecule has 0 fully saturated rings. The Morgan fingerprint density at radius 2 is 1.93 bits per heavy atom. The highest BCUT2D eigenvalue weighted by Crippen LogP contribution is 2.36. The number of methoxy groups -OCH3 is 1. The predicted molar refractivity (Wildman–Crippen MR) is 114 cm³/mol. The van der Waals surface area contributed by atoms with Crippen LogP contribution in [0.15, 0.2) is 48.5 Å². The summed E-state index contributed by atoms with van der Waals surface area (Å²) in [5.74, 6) is 0.187. The van der Waals surface area contributed by atoms with Crippen molar-refractivity contribution in [2.24, 2.45) is 0 Å².